The van der Waals surface area contributed by atoms with Crippen LogP contribution in [0.3, 0.4) is 0 Å². The summed E-state index contributed by atoms with van der Waals surface area (Å²) in [4.78, 5) is 11.1. The van der Waals surface area contributed by atoms with Crippen molar-refractivity contribution in [2.75, 3.05) is 31.8 Å². The van der Waals surface area contributed by atoms with Crippen LogP contribution in [0.1, 0.15) is 24.4 Å². The SMILES string of the molecule is COc1ccnc(N2CCCC2c2cccc3c2OCCO3)n1. The van der Waals surface area contributed by atoms with Gasteiger partial charge in [-0.2, -0.15) is 4.98 Å². The Morgan fingerprint density at radius 2 is 2.13 bits per heavy atom. The first kappa shape index (κ1) is 14.1. The predicted molar refractivity (Wildman–Crippen MR) is 85.3 cm³/mol. The number of nitrogens with zero attached hydrogens (tertiary/aromatic N) is 3. The summed E-state index contributed by atoms with van der Waals surface area (Å²) in [6.45, 7) is 2.11. The van der Waals surface area contributed by atoms with Crippen LogP contribution in [-0.2, 0) is 0 Å². The smallest absolute Gasteiger partial charge is 0.229 e. The van der Waals surface area contributed by atoms with Gasteiger partial charge in [-0.3, -0.25) is 0 Å². The molecular weight excluding hydrogens is 294 g/mol. The second-order valence-electron chi connectivity index (χ2n) is 5.62. The maximum atomic E-state index is 5.88. The summed E-state index contributed by atoms with van der Waals surface area (Å²) >= 11 is 0. The second-order valence-corrected chi connectivity index (χ2v) is 5.62. The van der Waals surface area contributed by atoms with E-state index in [4.69, 9.17) is 14.2 Å². The topological polar surface area (TPSA) is 56.7 Å². The lowest BCUT2D eigenvalue weighted by atomic mass is 10.0. The number of hydrogen-bond donors (Lipinski definition) is 0. The highest BCUT2D eigenvalue weighted by Gasteiger charge is 2.32. The minimum absolute atomic E-state index is 0.193. The molecule has 1 fully saturated rings. The monoisotopic (exact) mass is 313 g/mol. The molecule has 1 saturated heterocycles. The van der Waals surface area contributed by atoms with Crippen LogP contribution in [0.25, 0.3) is 0 Å². The minimum Gasteiger partial charge on any atom is -0.486 e. The van der Waals surface area contributed by atoms with Gasteiger partial charge in [0.25, 0.3) is 0 Å². The normalized spacial score (nSPS) is 19.7. The van der Waals surface area contributed by atoms with Crippen molar-refractivity contribution < 1.29 is 14.2 Å². The zero-order chi connectivity index (χ0) is 15.6. The highest BCUT2D eigenvalue weighted by atomic mass is 16.6. The molecule has 0 radical (unpaired) electrons. The highest BCUT2D eigenvalue weighted by molar-refractivity contribution is 5.52. The molecule has 1 unspecified atom stereocenters. The molecule has 23 heavy (non-hydrogen) atoms. The fourth-order valence-electron chi connectivity index (χ4n) is 3.27. The van der Waals surface area contributed by atoms with Crippen LogP contribution in [-0.4, -0.2) is 36.8 Å². The Balaban J connectivity index is 1.71. The van der Waals surface area contributed by atoms with E-state index in [0.717, 1.165) is 36.4 Å². The first-order valence-corrected chi connectivity index (χ1v) is 7.89. The molecule has 0 amide bonds. The third-order valence-electron chi connectivity index (χ3n) is 4.29. The van der Waals surface area contributed by atoms with Crippen LogP contribution in [0.2, 0.25) is 0 Å². The van der Waals surface area contributed by atoms with Gasteiger partial charge < -0.3 is 19.1 Å². The molecule has 2 aliphatic heterocycles. The quantitative estimate of drug-likeness (QED) is 0.868. The zero-order valence-corrected chi connectivity index (χ0v) is 13.1. The van der Waals surface area contributed by atoms with Gasteiger partial charge in [0.15, 0.2) is 11.5 Å². The molecule has 2 aromatic rings. The van der Waals surface area contributed by atoms with Crippen molar-refractivity contribution in [1.82, 2.24) is 9.97 Å². The molecule has 0 saturated carbocycles. The third kappa shape index (κ3) is 2.54. The molecule has 120 valence electrons. The maximum absolute atomic E-state index is 5.88. The summed E-state index contributed by atoms with van der Waals surface area (Å²) in [5.74, 6) is 2.96. The Labute approximate surface area is 135 Å². The van der Waals surface area contributed by atoms with Gasteiger partial charge in [-0.1, -0.05) is 12.1 Å². The van der Waals surface area contributed by atoms with Crippen molar-refractivity contribution in [2.24, 2.45) is 0 Å². The van der Waals surface area contributed by atoms with Crippen molar-refractivity contribution in [1.29, 1.82) is 0 Å². The lowest BCUT2D eigenvalue weighted by Crippen LogP contribution is -2.26. The number of aromatic nitrogens is 2. The van der Waals surface area contributed by atoms with Crippen LogP contribution < -0.4 is 19.1 Å². The lowest BCUT2D eigenvalue weighted by Gasteiger charge is -2.28. The summed E-state index contributed by atoms with van der Waals surface area (Å²) < 4.78 is 16.8. The number of anilines is 1. The Morgan fingerprint density at radius 1 is 1.22 bits per heavy atom. The molecule has 1 aromatic carbocycles. The van der Waals surface area contributed by atoms with Crippen molar-refractivity contribution in [2.45, 2.75) is 18.9 Å². The Bertz CT molecular complexity index is 707. The standard InChI is InChI=1S/C17H19N3O3/c1-21-15-7-8-18-17(19-15)20-9-3-5-13(20)12-4-2-6-14-16(12)23-11-10-22-14/h2,4,6-8,13H,3,5,9-11H2,1H3. The number of para-hydroxylation sites is 1. The summed E-state index contributed by atoms with van der Waals surface area (Å²) in [6, 6.07) is 8.04. The summed E-state index contributed by atoms with van der Waals surface area (Å²) in [5, 5.41) is 0. The lowest BCUT2D eigenvalue weighted by molar-refractivity contribution is 0.169. The van der Waals surface area contributed by atoms with E-state index in [0.29, 0.717) is 25.0 Å². The van der Waals surface area contributed by atoms with E-state index >= 15 is 0 Å². The van der Waals surface area contributed by atoms with E-state index in [9.17, 15) is 0 Å². The molecule has 6 heteroatoms. The molecule has 0 N–H and O–H groups in total. The molecule has 0 bridgehead atoms. The van der Waals surface area contributed by atoms with Gasteiger partial charge in [-0.15, -0.1) is 0 Å². The average molecular weight is 313 g/mol. The van der Waals surface area contributed by atoms with Crippen molar-refractivity contribution in [3.63, 3.8) is 0 Å². The van der Waals surface area contributed by atoms with Gasteiger partial charge in [0.1, 0.15) is 13.2 Å². The van der Waals surface area contributed by atoms with Gasteiger partial charge >= 0.3 is 0 Å². The summed E-state index contributed by atoms with van der Waals surface area (Å²) in [7, 11) is 1.62. The Hall–Kier alpha value is -2.50. The minimum atomic E-state index is 0.193. The van der Waals surface area contributed by atoms with Gasteiger partial charge in [-0.05, 0) is 18.9 Å². The molecule has 6 nitrogen and oxygen atoms in total. The maximum Gasteiger partial charge on any atom is 0.229 e. The predicted octanol–water partition coefficient (Wildman–Crippen LogP) is 2.60. The van der Waals surface area contributed by atoms with E-state index in [1.54, 1.807) is 19.4 Å². The van der Waals surface area contributed by atoms with E-state index in [2.05, 4.69) is 20.9 Å². The number of hydrogen-bond acceptors (Lipinski definition) is 6. The summed E-state index contributed by atoms with van der Waals surface area (Å²) in [6.07, 6.45) is 3.87. The van der Waals surface area contributed by atoms with Gasteiger partial charge in [-0.25, -0.2) is 4.98 Å². The van der Waals surface area contributed by atoms with Crippen molar-refractivity contribution >= 4 is 5.95 Å². The second kappa shape index (κ2) is 5.95. The average Bonchev–Trinajstić information content (AvgIpc) is 3.11. The molecule has 0 aliphatic carbocycles. The molecule has 0 spiro atoms. The van der Waals surface area contributed by atoms with Crippen molar-refractivity contribution in [3.05, 3.63) is 36.0 Å². The van der Waals surface area contributed by atoms with Crippen LogP contribution >= 0.6 is 0 Å². The molecule has 4 rings (SSSR count). The number of rotatable bonds is 3. The first-order chi connectivity index (χ1) is 11.4. The fraction of sp³-hybridized carbons (Fsp3) is 0.412. The zero-order valence-electron chi connectivity index (χ0n) is 13.1. The Morgan fingerprint density at radius 3 is 3.04 bits per heavy atom. The summed E-state index contributed by atoms with van der Waals surface area (Å²) in [5.41, 5.74) is 1.14. The fourth-order valence-corrected chi connectivity index (χ4v) is 3.27. The molecule has 3 heterocycles. The first-order valence-electron chi connectivity index (χ1n) is 7.89. The molecular formula is C17H19N3O3. The molecule has 1 atom stereocenters. The number of fused-ring (bicyclic) bond motifs is 1. The highest BCUT2D eigenvalue weighted by Crippen LogP contribution is 2.43. The largest absolute Gasteiger partial charge is 0.486 e. The van der Waals surface area contributed by atoms with E-state index in [-0.39, 0.29) is 6.04 Å². The Kier molecular flexibility index (Phi) is 3.65. The van der Waals surface area contributed by atoms with Gasteiger partial charge in [0.05, 0.1) is 13.2 Å². The number of benzene rings is 1. The van der Waals surface area contributed by atoms with E-state index in [1.807, 2.05) is 12.1 Å². The van der Waals surface area contributed by atoms with Crippen LogP contribution in [0.4, 0.5) is 5.95 Å². The molecule has 1 aromatic heterocycles. The van der Waals surface area contributed by atoms with E-state index < -0.39 is 0 Å². The van der Waals surface area contributed by atoms with Gasteiger partial charge in [0.2, 0.25) is 11.8 Å². The number of methoxy groups -OCH3 is 1. The number of ether oxygens (including phenoxy) is 3. The molecule has 2 aliphatic rings. The van der Waals surface area contributed by atoms with Crippen LogP contribution in [0.5, 0.6) is 17.4 Å². The third-order valence-corrected chi connectivity index (χ3v) is 4.29. The van der Waals surface area contributed by atoms with Crippen molar-refractivity contribution in [3.8, 4) is 17.4 Å². The van der Waals surface area contributed by atoms with Crippen LogP contribution in [0.15, 0.2) is 30.5 Å². The van der Waals surface area contributed by atoms with Crippen LogP contribution in [0, 0.1) is 0 Å². The van der Waals surface area contributed by atoms with E-state index in [1.165, 1.54) is 0 Å². The van der Waals surface area contributed by atoms with Gasteiger partial charge in [0, 0.05) is 24.4 Å².